The number of amides is 1. The number of carbonyl (C=O) groups is 1. The van der Waals surface area contributed by atoms with E-state index in [1.807, 2.05) is 29.5 Å². The molecule has 1 aromatic carbocycles. The fourth-order valence-electron chi connectivity index (χ4n) is 2.03. The topological polar surface area (TPSA) is 61.4 Å². The van der Waals surface area contributed by atoms with E-state index < -0.39 is 12.5 Å². The number of rotatable bonds is 6. The lowest BCUT2D eigenvalue weighted by molar-refractivity contribution is -0.118. The Hall–Kier alpha value is -1.85. The SMILES string of the molecule is CCc1ccc(C(C)Nc2cccc(NC(=O)CO)c2)s1. The first-order valence-corrected chi connectivity index (χ1v) is 7.80. The van der Waals surface area contributed by atoms with Crippen molar-refractivity contribution in [1.29, 1.82) is 0 Å². The van der Waals surface area contributed by atoms with Crippen LogP contribution < -0.4 is 10.6 Å². The maximum atomic E-state index is 11.2. The molecule has 1 unspecified atom stereocenters. The zero-order valence-electron chi connectivity index (χ0n) is 12.2. The van der Waals surface area contributed by atoms with Crippen LogP contribution in [0.2, 0.25) is 0 Å². The molecule has 5 heteroatoms. The van der Waals surface area contributed by atoms with Gasteiger partial charge in [0.1, 0.15) is 6.61 Å². The predicted octanol–water partition coefficient (Wildman–Crippen LogP) is 3.41. The quantitative estimate of drug-likeness (QED) is 0.766. The van der Waals surface area contributed by atoms with Crippen LogP contribution in [0.25, 0.3) is 0 Å². The van der Waals surface area contributed by atoms with Gasteiger partial charge in [0.25, 0.3) is 0 Å². The van der Waals surface area contributed by atoms with Gasteiger partial charge in [-0.3, -0.25) is 4.79 Å². The highest BCUT2D eigenvalue weighted by Gasteiger charge is 2.09. The predicted molar refractivity (Wildman–Crippen MR) is 87.9 cm³/mol. The van der Waals surface area contributed by atoms with E-state index in [4.69, 9.17) is 5.11 Å². The summed E-state index contributed by atoms with van der Waals surface area (Å²) in [6.45, 7) is 3.76. The molecule has 0 fully saturated rings. The van der Waals surface area contributed by atoms with Crippen molar-refractivity contribution in [2.45, 2.75) is 26.3 Å². The van der Waals surface area contributed by atoms with Gasteiger partial charge in [0.05, 0.1) is 6.04 Å². The van der Waals surface area contributed by atoms with Gasteiger partial charge in [0, 0.05) is 21.1 Å². The van der Waals surface area contributed by atoms with Crippen molar-refractivity contribution in [3.05, 3.63) is 46.2 Å². The van der Waals surface area contributed by atoms with Gasteiger partial charge < -0.3 is 15.7 Å². The molecule has 0 saturated carbocycles. The van der Waals surface area contributed by atoms with Crippen molar-refractivity contribution >= 4 is 28.6 Å². The summed E-state index contributed by atoms with van der Waals surface area (Å²) in [6.07, 6.45) is 1.06. The fraction of sp³-hybridized carbons (Fsp3) is 0.312. The van der Waals surface area contributed by atoms with E-state index >= 15 is 0 Å². The monoisotopic (exact) mass is 304 g/mol. The van der Waals surface area contributed by atoms with Crippen molar-refractivity contribution in [3.8, 4) is 0 Å². The third-order valence-electron chi connectivity index (χ3n) is 3.13. The molecule has 0 aliphatic rings. The Bertz CT molecular complexity index is 610. The lowest BCUT2D eigenvalue weighted by Crippen LogP contribution is -2.15. The van der Waals surface area contributed by atoms with Gasteiger partial charge in [-0.05, 0) is 43.7 Å². The van der Waals surface area contributed by atoms with Gasteiger partial charge in [-0.1, -0.05) is 13.0 Å². The number of hydrogen-bond acceptors (Lipinski definition) is 4. The van der Waals surface area contributed by atoms with Gasteiger partial charge in [-0.25, -0.2) is 0 Å². The van der Waals surface area contributed by atoms with Crippen LogP contribution >= 0.6 is 11.3 Å². The largest absolute Gasteiger partial charge is 0.387 e. The number of hydrogen-bond donors (Lipinski definition) is 3. The second-order valence-electron chi connectivity index (χ2n) is 4.81. The fourth-order valence-corrected chi connectivity index (χ4v) is 2.98. The molecule has 0 bridgehead atoms. The molecular formula is C16H20N2O2S. The lowest BCUT2D eigenvalue weighted by atomic mass is 10.2. The number of thiophene rings is 1. The van der Waals surface area contributed by atoms with Gasteiger partial charge >= 0.3 is 0 Å². The minimum absolute atomic E-state index is 0.207. The first-order valence-electron chi connectivity index (χ1n) is 6.98. The molecule has 0 aliphatic heterocycles. The summed E-state index contributed by atoms with van der Waals surface area (Å²) >= 11 is 1.81. The number of aryl methyl sites for hydroxylation is 1. The van der Waals surface area contributed by atoms with Crippen molar-refractivity contribution in [1.82, 2.24) is 0 Å². The lowest BCUT2D eigenvalue weighted by Gasteiger charge is -2.15. The van der Waals surface area contributed by atoms with Crippen LogP contribution in [0.1, 0.15) is 29.6 Å². The highest BCUT2D eigenvalue weighted by molar-refractivity contribution is 7.12. The summed E-state index contributed by atoms with van der Waals surface area (Å²) in [7, 11) is 0. The van der Waals surface area contributed by atoms with E-state index in [9.17, 15) is 4.79 Å². The Morgan fingerprint density at radius 2 is 2.05 bits per heavy atom. The first-order chi connectivity index (χ1) is 10.1. The second kappa shape index (κ2) is 7.24. The van der Waals surface area contributed by atoms with E-state index in [1.54, 1.807) is 6.07 Å². The van der Waals surface area contributed by atoms with E-state index in [-0.39, 0.29) is 6.04 Å². The number of aliphatic hydroxyl groups excluding tert-OH is 1. The molecule has 21 heavy (non-hydrogen) atoms. The Morgan fingerprint density at radius 3 is 2.71 bits per heavy atom. The van der Waals surface area contributed by atoms with Crippen LogP contribution in [0.4, 0.5) is 11.4 Å². The average molecular weight is 304 g/mol. The second-order valence-corrected chi connectivity index (χ2v) is 6.01. The van der Waals surface area contributed by atoms with Gasteiger partial charge in [0.2, 0.25) is 5.91 Å². The molecule has 4 nitrogen and oxygen atoms in total. The van der Waals surface area contributed by atoms with Crippen molar-refractivity contribution < 1.29 is 9.90 Å². The zero-order valence-corrected chi connectivity index (χ0v) is 13.0. The maximum absolute atomic E-state index is 11.2. The van der Waals surface area contributed by atoms with Gasteiger partial charge in [-0.15, -0.1) is 11.3 Å². The summed E-state index contributed by atoms with van der Waals surface area (Å²) < 4.78 is 0. The minimum atomic E-state index is -0.511. The van der Waals surface area contributed by atoms with E-state index in [1.165, 1.54) is 9.75 Å². The van der Waals surface area contributed by atoms with Gasteiger partial charge in [0.15, 0.2) is 0 Å². The van der Waals surface area contributed by atoms with Crippen LogP contribution in [-0.2, 0) is 11.2 Å². The smallest absolute Gasteiger partial charge is 0.250 e. The Labute approximate surface area is 128 Å². The molecule has 2 aromatic rings. The molecule has 1 aromatic heterocycles. The van der Waals surface area contributed by atoms with Crippen LogP contribution in [0.3, 0.4) is 0 Å². The Balaban J connectivity index is 2.04. The normalized spacial score (nSPS) is 12.0. The molecule has 1 heterocycles. The van der Waals surface area contributed by atoms with E-state index in [2.05, 4.69) is 36.6 Å². The summed E-state index contributed by atoms with van der Waals surface area (Å²) in [6, 6.07) is 12.0. The minimum Gasteiger partial charge on any atom is -0.387 e. The number of benzene rings is 1. The van der Waals surface area contributed by atoms with Crippen LogP contribution in [-0.4, -0.2) is 17.6 Å². The summed E-state index contributed by atoms with van der Waals surface area (Å²) in [5.74, 6) is -0.411. The zero-order chi connectivity index (χ0) is 15.2. The van der Waals surface area contributed by atoms with E-state index in [0.29, 0.717) is 5.69 Å². The Kier molecular flexibility index (Phi) is 5.36. The van der Waals surface area contributed by atoms with Crippen molar-refractivity contribution in [2.24, 2.45) is 0 Å². The van der Waals surface area contributed by atoms with Crippen molar-refractivity contribution in [3.63, 3.8) is 0 Å². The summed E-state index contributed by atoms with van der Waals surface area (Å²) in [5, 5.41) is 14.8. The maximum Gasteiger partial charge on any atom is 0.250 e. The third kappa shape index (κ3) is 4.31. The number of nitrogens with one attached hydrogen (secondary N) is 2. The molecule has 0 saturated heterocycles. The standard InChI is InChI=1S/C16H20N2O2S/c1-3-14-7-8-15(21-14)11(2)17-12-5-4-6-13(9-12)18-16(20)10-19/h4-9,11,17,19H,3,10H2,1-2H3,(H,18,20). The molecule has 112 valence electrons. The van der Waals surface area contributed by atoms with Crippen LogP contribution in [0.5, 0.6) is 0 Å². The first kappa shape index (κ1) is 15.5. The molecular weight excluding hydrogens is 284 g/mol. The number of carbonyl (C=O) groups excluding carboxylic acids is 1. The molecule has 0 radical (unpaired) electrons. The highest BCUT2D eigenvalue weighted by Crippen LogP contribution is 2.27. The number of aliphatic hydroxyl groups is 1. The number of anilines is 2. The van der Waals surface area contributed by atoms with Crippen LogP contribution in [0, 0.1) is 0 Å². The molecule has 1 atom stereocenters. The van der Waals surface area contributed by atoms with Gasteiger partial charge in [-0.2, -0.15) is 0 Å². The molecule has 0 spiro atoms. The van der Waals surface area contributed by atoms with Crippen LogP contribution in [0.15, 0.2) is 36.4 Å². The summed E-state index contributed by atoms with van der Waals surface area (Å²) in [5.41, 5.74) is 1.61. The molecule has 1 amide bonds. The molecule has 3 N–H and O–H groups in total. The summed E-state index contributed by atoms with van der Waals surface area (Å²) in [4.78, 5) is 13.9. The molecule has 0 aliphatic carbocycles. The highest BCUT2D eigenvalue weighted by atomic mass is 32.1. The third-order valence-corrected chi connectivity index (χ3v) is 4.54. The molecule has 2 rings (SSSR count). The van der Waals surface area contributed by atoms with Crippen molar-refractivity contribution in [2.75, 3.05) is 17.2 Å². The Morgan fingerprint density at radius 1 is 1.29 bits per heavy atom. The average Bonchev–Trinajstić information content (AvgIpc) is 2.96. The van der Waals surface area contributed by atoms with E-state index in [0.717, 1.165) is 12.1 Å².